The fourth-order valence-corrected chi connectivity index (χ4v) is 2.37. The first kappa shape index (κ1) is 13.0. The van der Waals surface area contributed by atoms with Gasteiger partial charge in [0, 0.05) is 18.3 Å². The Bertz CT molecular complexity index is 428. The number of piperidine rings is 1. The molecule has 0 bridgehead atoms. The number of carbonyl (C=O) groups is 1. The standard InChI is InChI=1S/C13H18FN3O/c1-9-5-3-6-10(2)17(9)16-13(18)11-7-4-8-15-12(11)14/h4,7-10H,3,5-6H2,1-2H3,(H,16,18). The van der Waals surface area contributed by atoms with E-state index >= 15 is 0 Å². The van der Waals surface area contributed by atoms with Gasteiger partial charge in [0.15, 0.2) is 0 Å². The number of pyridine rings is 1. The summed E-state index contributed by atoms with van der Waals surface area (Å²) in [5, 5.41) is 1.91. The number of carbonyl (C=O) groups excluding carboxylic acids is 1. The molecule has 0 saturated carbocycles. The largest absolute Gasteiger partial charge is 0.284 e. The molecular weight excluding hydrogens is 233 g/mol. The van der Waals surface area contributed by atoms with Gasteiger partial charge in [0.1, 0.15) is 0 Å². The Labute approximate surface area is 106 Å². The van der Waals surface area contributed by atoms with E-state index in [4.69, 9.17) is 0 Å². The van der Waals surface area contributed by atoms with Crippen molar-refractivity contribution in [1.29, 1.82) is 0 Å². The average molecular weight is 251 g/mol. The molecule has 1 aliphatic heterocycles. The minimum Gasteiger partial charge on any atom is -0.284 e. The maximum atomic E-state index is 13.4. The Morgan fingerprint density at radius 3 is 2.72 bits per heavy atom. The summed E-state index contributed by atoms with van der Waals surface area (Å²) in [4.78, 5) is 15.5. The van der Waals surface area contributed by atoms with Crippen LogP contribution in [0.15, 0.2) is 18.3 Å². The number of nitrogens with one attached hydrogen (secondary N) is 1. The lowest BCUT2D eigenvalue weighted by molar-refractivity contribution is 0.0366. The van der Waals surface area contributed by atoms with E-state index < -0.39 is 11.9 Å². The monoisotopic (exact) mass is 251 g/mol. The van der Waals surface area contributed by atoms with E-state index in [1.54, 1.807) is 6.07 Å². The van der Waals surface area contributed by atoms with Gasteiger partial charge >= 0.3 is 0 Å². The van der Waals surface area contributed by atoms with Crippen molar-refractivity contribution in [2.24, 2.45) is 0 Å². The van der Waals surface area contributed by atoms with Crippen LogP contribution in [0, 0.1) is 5.95 Å². The molecule has 2 atom stereocenters. The fraction of sp³-hybridized carbons (Fsp3) is 0.538. The molecule has 18 heavy (non-hydrogen) atoms. The second-order valence-corrected chi connectivity index (χ2v) is 4.82. The quantitative estimate of drug-likeness (QED) is 0.819. The van der Waals surface area contributed by atoms with E-state index in [0.29, 0.717) is 0 Å². The molecule has 2 rings (SSSR count). The Morgan fingerprint density at radius 2 is 2.11 bits per heavy atom. The topological polar surface area (TPSA) is 45.2 Å². The first-order valence-corrected chi connectivity index (χ1v) is 6.29. The molecule has 0 aliphatic carbocycles. The number of hydrogen-bond donors (Lipinski definition) is 1. The van der Waals surface area contributed by atoms with Gasteiger partial charge in [-0.1, -0.05) is 6.42 Å². The minimum atomic E-state index is -0.729. The first-order chi connectivity index (χ1) is 8.59. The highest BCUT2D eigenvalue weighted by Crippen LogP contribution is 2.20. The summed E-state index contributed by atoms with van der Waals surface area (Å²) in [7, 11) is 0. The van der Waals surface area contributed by atoms with Gasteiger partial charge in [-0.25, -0.2) is 9.99 Å². The minimum absolute atomic E-state index is 0.0116. The summed E-state index contributed by atoms with van der Waals surface area (Å²) in [5.74, 6) is -1.16. The third kappa shape index (κ3) is 2.67. The van der Waals surface area contributed by atoms with Crippen molar-refractivity contribution in [2.75, 3.05) is 0 Å². The van der Waals surface area contributed by atoms with E-state index in [9.17, 15) is 9.18 Å². The lowest BCUT2D eigenvalue weighted by Gasteiger charge is -2.38. The van der Waals surface area contributed by atoms with Crippen LogP contribution in [0.4, 0.5) is 4.39 Å². The van der Waals surface area contributed by atoms with Crippen LogP contribution in [0.25, 0.3) is 0 Å². The van der Waals surface area contributed by atoms with Crippen LogP contribution in [-0.2, 0) is 0 Å². The molecule has 2 heterocycles. The van der Waals surface area contributed by atoms with Crippen molar-refractivity contribution < 1.29 is 9.18 Å². The summed E-state index contributed by atoms with van der Waals surface area (Å²) in [6.07, 6.45) is 4.58. The number of halogens is 1. The van der Waals surface area contributed by atoms with Gasteiger partial charge in [-0.15, -0.1) is 0 Å². The van der Waals surface area contributed by atoms with Crippen LogP contribution in [-0.4, -0.2) is 28.0 Å². The molecule has 1 aliphatic rings. The second kappa shape index (κ2) is 5.44. The Hall–Kier alpha value is -1.49. The van der Waals surface area contributed by atoms with Crippen molar-refractivity contribution >= 4 is 5.91 Å². The van der Waals surface area contributed by atoms with E-state index in [1.165, 1.54) is 12.3 Å². The summed E-state index contributed by atoms with van der Waals surface area (Å²) >= 11 is 0. The third-order valence-corrected chi connectivity index (χ3v) is 3.43. The predicted molar refractivity (Wildman–Crippen MR) is 66.3 cm³/mol. The molecule has 1 fully saturated rings. The number of hydrazine groups is 1. The second-order valence-electron chi connectivity index (χ2n) is 4.82. The zero-order chi connectivity index (χ0) is 13.1. The molecular formula is C13H18FN3O. The van der Waals surface area contributed by atoms with Crippen LogP contribution in [0.5, 0.6) is 0 Å². The van der Waals surface area contributed by atoms with E-state index in [-0.39, 0.29) is 17.6 Å². The third-order valence-electron chi connectivity index (χ3n) is 3.43. The smallest absolute Gasteiger partial charge is 0.270 e. The van der Waals surface area contributed by atoms with Crippen LogP contribution >= 0.6 is 0 Å². The van der Waals surface area contributed by atoms with Crippen molar-refractivity contribution in [1.82, 2.24) is 15.4 Å². The number of rotatable bonds is 2. The number of aromatic nitrogens is 1. The summed E-state index contributed by atoms with van der Waals surface area (Å²) in [6, 6.07) is 3.55. The van der Waals surface area contributed by atoms with Crippen molar-refractivity contribution in [3.63, 3.8) is 0 Å². The van der Waals surface area contributed by atoms with Gasteiger partial charge < -0.3 is 0 Å². The molecule has 0 aromatic carbocycles. The highest BCUT2D eigenvalue weighted by atomic mass is 19.1. The van der Waals surface area contributed by atoms with Crippen molar-refractivity contribution in [3.05, 3.63) is 29.8 Å². The Balaban J connectivity index is 2.09. The summed E-state index contributed by atoms with van der Waals surface area (Å²) in [6.45, 7) is 4.13. The first-order valence-electron chi connectivity index (χ1n) is 6.29. The Kier molecular flexibility index (Phi) is 3.91. The Morgan fingerprint density at radius 1 is 1.44 bits per heavy atom. The average Bonchev–Trinajstić information content (AvgIpc) is 2.34. The molecule has 4 nitrogen and oxygen atoms in total. The predicted octanol–water partition coefficient (Wildman–Crippen LogP) is 2.13. The SMILES string of the molecule is CC1CCCC(C)N1NC(=O)c1cccnc1F. The van der Waals surface area contributed by atoms with Crippen LogP contribution < -0.4 is 5.43 Å². The van der Waals surface area contributed by atoms with Crippen LogP contribution in [0.1, 0.15) is 43.5 Å². The van der Waals surface area contributed by atoms with Crippen LogP contribution in [0.2, 0.25) is 0 Å². The van der Waals surface area contributed by atoms with Gasteiger partial charge in [0.2, 0.25) is 5.95 Å². The fourth-order valence-electron chi connectivity index (χ4n) is 2.37. The number of amides is 1. The molecule has 1 amide bonds. The van der Waals surface area contributed by atoms with Gasteiger partial charge in [-0.3, -0.25) is 10.2 Å². The lowest BCUT2D eigenvalue weighted by Crippen LogP contribution is -2.54. The maximum Gasteiger partial charge on any atom is 0.270 e. The zero-order valence-electron chi connectivity index (χ0n) is 10.7. The molecule has 0 radical (unpaired) electrons. The van der Waals surface area contributed by atoms with Gasteiger partial charge in [-0.05, 0) is 38.8 Å². The zero-order valence-corrected chi connectivity index (χ0v) is 10.7. The van der Waals surface area contributed by atoms with E-state index in [0.717, 1.165) is 19.3 Å². The normalized spacial score (nSPS) is 24.8. The highest BCUT2D eigenvalue weighted by molar-refractivity contribution is 5.93. The molecule has 0 spiro atoms. The molecule has 1 saturated heterocycles. The molecule has 2 unspecified atom stereocenters. The molecule has 5 heteroatoms. The molecule has 1 aromatic rings. The van der Waals surface area contributed by atoms with Crippen molar-refractivity contribution in [2.45, 2.75) is 45.2 Å². The maximum absolute atomic E-state index is 13.4. The van der Waals surface area contributed by atoms with Gasteiger partial charge in [0.25, 0.3) is 5.91 Å². The summed E-state index contributed by atoms with van der Waals surface area (Å²) < 4.78 is 13.4. The van der Waals surface area contributed by atoms with Gasteiger partial charge in [-0.2, -0.15) is 4.39 Å². The highest BCUT2D eigenvalue weighted by Gasteiger charge is 2.27. The molecule has 1 N–H and O–H groups in total. The van der Waals surface area contributed by atoms with Crippen molar-refractivity contribution in [3.8, 4) is 0 Å². The van der Waals surface area contributed by atoms with Crippen LogP contribution in [0.3, 0.4) is 0 Å². The molecule has 98 valence electrons. The summed E-state index contributed by atoms with van der Waals surface area (Å²) in [5.41, 5.74) is 2.78. The molecule has 1 aromatic heterocycles. The van der Waals surface area contributed by atoms with E-state index in [1.807, 2.05) is 5.01 Å². The lowest BCUT2D eigenvalue weighted by atomic mass is 10.00. The van der Waals surface area contributed by atoms with Gasteiger partial charge in [0.05, 0.1) is 5.56 Å². The van der Waals surface area contributed by atoms with E-state index in [2.05, 4.69) is 24.3 Å². The number of nitrogens with zero attached hydrogens (tertiary/aromatic N) is 2. The number of hydrogen-bond acceptors (Lipinski definition) is 3.